The van der Waals surface area contributed by atoms with E-state index in [1.165, 1.54) is 11.3 Å². The molecule has 4 rings (SSSR count). The third-order valence-corrected chi connectivity index (χ3v) is 6.23. The maximum absolute atomic E-state index is 6.27. The summed E-state index contributed by atoms with van der Waals surface area (Å²) < 4.78 is 8.11. The summed E-state index contributed by atoms with van der Waals surface area (Å²) in [7, 11) is 4.10. The van der Waals surface area contributed by atoms with Crippen molar-refractivity contribution in [2.75, 3.05) is 31.3 Å². The second kappa shape index (κ2) is 8.52. The molecule has 0 unspecified atom stereocenters. The Morgan fingerprint density at radius 3 is 2.55 bits per heavy atom. The van der Waals surface area contributed by atoms with Crippen LogP contribution in [0.3, 0.4) is 0 Å². The summed E-state index contributed by atoms with van der Waals surface area (Å²) in [4.78, 5) is 2.10. The van der Waals surface area contributed by atoms with Gasteiger partial charge in [-0.1, -0.05) is 30.0 Å². The summed E-state index contributed by atoms with van der Waals surface area (Å²) in [6.07, 6.45) is 0.202. The molecule has 0 radical (unpaired) electrons. The summed E-state index contributed by atoms with van der Waals surface area (Å²) in [5, 5.41) is 15.4. The summed E-state index contributed by atoms with van der Waals surface area (Å²) in [5.41, 5.74) is 5.76. The fourth-order valence-electron chi connectivity index (χ4n) is 3.59. The van der Waals surface area contributed by atoms with E-state index in [1.807, 2.05) is 18.8 Å². The fourth-order valence-corrected chi connectivity index (χ4v) is 4.49. The lowest BCUT2D eigenvalue weighted by molar-refractivity contribution is -0.697. The number of quaternary nitrogens is 1. The summed E-state index contributed by atoms with van der Waals surface area (Å²) in [5.74, 6) is 0.814. The molecule has 2 aromatic carbocycles. The zero-order valence-corrected chi connectivity index (χ0v) is 18.1. The molecular weight excluding hydrogens is 384 g/mol. The van der Waals surface area contributed by atoms with Gasteiger partial charge in [-0.25, -0.2) is 0 Å². The van der Waals surface area contributed by atoms with Crippen molar-refractivity contribution in [2.45, 2.75) is 31.3 Å². The molecule has 0 spiro atoms. The number of thioether (sulfide) groups is 1. The van der Waals surface area contributed by atoms with E-state index in [-0.39, 0.29) is 12.3 Å². The van der Waals surface area contributed by atoms with Crippen molar-refractivity contribution in [2.24, 2.45) is 0 Å². The summed E-state index contributed by atoms with van der Waals surface area (Å²) in [6.45, 7) is 5.09. The first-order valence-corrected chi connectivity index (χ1v) is 10.8. The Morgan fingerprint density at radius 2 is 1.86 bits per heavy atom. The van der Waals surface area contributed by atoms with Crippen LogP contribution in [0.15, 0.2) is 47.6 Å². The standard InChI is InChI=1S/C21H26N6OS/c1-14-6-5-7-15(2)19(14)27-21(23-24-25-27)29-13-18-12-22-20(28-18)16-8-10-17(11-9-16)26(3)4/h5-11,18,20,22H,12-13H2,1-4H3/p+1/t18-,20-/m0/s1. The minimum atomic E-state index is 0.0476. The highest BCUT2D eigenvalue weighted by atomic mass is 32.2. The lowest BCUT2D eigenvalue weighted by Gasteiger charge is -2.14. The molecule has 29 heavy (non-hydrogen) atoms. The van der Waals surface area contributed by atoms with Gasteiger partial charge < -0.3 is 15.0 Å². The Hall–Kier alpha value is -2.42. The number of benzene rings is 2. The molecule has 0 amide bonds. The lowest BCUT2D eigenvalue weighted by atomic mass is 10.1. The van der Waals surface area contributed by atoms with Crippen LogP contribution in [-0.4, -0.2) is 52.7 Å². The summed E-state index contributed by atoms with van der Waals surface area (Å²) >= 11 is 1.64. The third kappa shape index (κ3) is 4.29. The largest absolute Gasteiger partial charge is 0.378 e. The zero-order valence-electron chi connectivity index (χ0n) is 17.2. The number of rotatable bonds is 6. The Bertz CT molecular complexity index is 951. The Balaban J connectivity index is 1.40. The van der Waals surface area contributed by atoms with E-state index in [9.17, 15) is 0 Å². The highest BCUT2D eigenvalue weighted by molar-refractivity contribution is 7.99. The van der Waals surface area contributed by atoms with E-state index in [0.717, 1.165) is 34.3 Å². The van der Waals surface area contributed by atoms with Crippen molar-refractivity contribution < 1.29 is 10.1 Å². The van der Waals surface area contributed by atoms with Gasteiger partial charge >= 0.3 is 0 Å². The van der Waals surface area contributed by atoms with Crippen molar-refractivity contribution in [3.05, 3.63) is 59.2 Å². The minimum absolute atomic E-state index is 0.0476. The highest BCUT2D eigenvalue weighted by Gasteiger charge is 2.30. The molecule has 3 aromatic rings. The maximum atomic E-state index is 6.27. The number of aryl methyl sites for hydroxylation is 2. The van der Waals surface area contributed by atoms with Crippen LogP contribution in [0.4, 0.5) is 5.69 Å². The first-order valence-electron chi connectivity index (χ1n) is 9.77. The van der Waals surface area contributed by atoms with Crippen LogP contribution in [0.1, 0.15) is 22.9 Å². The Kier molecular flexibility index (Phi) is 5.84. The molecule has 1 fully saturated rings. The predicted molar refractivity (Wildman–Crippen MR) is 115 cm³/mol. The molecule has 2 heterocycles. The monoisotopic (exact) mass is 411 g/mol. The average Bonchev–Trinajstić information content (AvgIpc) is 3.36. The summed E-state index contributed by atoms with van der Waals surface area (Å²) in [6, 6.07) is 14.8. The molecule has 1 saturated heterocycles. The molecule has 0 bridgehead atoms. The maximum Gasteiger partial charge on any atom is 0.217 e. The van der Waals surface area contributed by atoms with Gasteiger partial charge in [-0.05, 0) is 59.7 Å². The van der Waals surface area contributed by atoms with Crippen molar-refractivity contribution in [1.29, 1.82) is 0 Å². The van der Waals surface area contributed by atoms with Gasteiger partial charge in [0.2, 0.25) is 11.4 Å². The molecule has 8 heteroatoms. The number of hydrogen-bond acceptors (Lipinski definition) is 6. The van der Waals surface area contributed by atoms with Gasteiger partial charge in [0.15, 0.2) is 0 Å². The third-order valence-electron chi connectivity index (χ3n) is 5.18. The molecule has 0 aliphatic carbocycles. The van der Waals surface area contributed by atoms with E-state index < -0.39 is 0 Å². The van der Waals surface area contributed by atoms with E-state index >= 15 is 0 Å². The van der Waals surface area contributed by atoms with E-state index in [1.54, 1.807) is 11.8 Å². The molecule has 7 nitrogen and oxygen atoms in total. The number of hydrogen-bond donors (Lipinski definition) is 1. The first kappa shape index (κ1) is 19.9. The van der Waals surface area contributed by atoms with Crippen molar-refractivity contribution in [3.8, 4) is 5.69 Å². The molecule has 2 atom stereocenters. The van der Waals surface area contributed by atoms with E-state index in [0.29, 0.717) is 0 Å². The quantitative estimate of drug-likeness (QED) is 0.627. The Labute approximate surface area is 175 Å². The topological polar surface area (TPSA) is 72.7 Å². The van der Waals surface area contributed by atoms with Gasteiger partial charge in [0, 0.05) is 31.1 Å². The lowest BCUT2D eigenvalue weighted by Crippen LogP contribution is -2.82. The number of anilines is 1. The number of ether oxygens (including phenoxy) is 1. The molecule has 1 aliphatic rings. The molecule has 1 aromatic heterocycles. The van der Waals surface area contributed by atoms with Crippen LogP contribution in [-0.2, 0) is 4.74 Å². The van der Waals surface area contributed by atoms with Crippen LogP contribution >= 0.6 is 11.8 Å². The molecule has 1 aliphatic heterocycles. The SMILES string of the molecule is Cc1cccc(C)c1-n1nnnc1SC[C@@H]1C[NH2+][C@H](c2ccc(N(C)C)cc2)O1. The van der Waals surface area contributed by atoms with Gasteiger partial charge in [-0.3, -0.25) is 0 Å². The molecule has 0 saturated carbocycles. The van der Waals surface area contributed by atoms with Crippen molar-refractivity contribution in [1.82, 2.24) is 20.2 Å². The Morgan fingerprint density at radius 1 is 1.14 bits per heavy atom. The second-order valence-corrected chi connectivity index (χ2v) is 8.55. The average molecular weight is 412 g/mol. The van der Waals surface area contributed by atoms with Gasteiger partial charge in [0.1, 0.15) is 12.6 Å². The number of nitrogens with two attached hydrogens (primary N) is 1. The van der Waals surface area contributed by atoms with Gasteiger partial charge in [-0.2, -0.15) is 4.68 Å². The second-order valence-electron chi connectivity index (χ2n) is 7.56. The molecule has 152 valence electrons. The zero-order chi connectivity index (χ0) is 20.4. The van der Waals surface area contributed by atoms with Crippen LogP contribution in [0, 0.1) is 13.8 Å². The molecule has 2 N–H and O–H groups in total. The van der Waals surface area contributed by atoms with Gasteiger partial charge in [-0.15, -0.1) is 5.10 Å². The number of tetrazole rings is 1. The van der Waals surface area contributed by atoms with E-state index in [2.05, 4.69) is 82.1 Å². The normalized spacial score (nSPS) is 18.9. The number of aromatic nitrogens is 4. The fraction of sp³-hybridized carbons (Fsp3) is 0.381. The predicted octanol–water partition coefficient (Wildman–Crippen LogP) is 2.10. The number of nitrogens with zero attached hydrogens (tertiary/aromatic N) is 5. The highest BCUT2D eigenvalue weighted by Crippen LogP contribution is 2.26. The smallest absolute Gasteiger partial charge is 0.217 e. The van der Waals surface area contributed by atoms with Gasteiger partial charge in [0.05, 0.1) is 5.69 Å². The van der Waals surface area contributed by atoms with Crippen LogP contribution < -0.4 is 10.2 Å². The van der Waals surface area contributed by atoms with Crippen LogP contribution in [0.5, 0.6) is 0 Å². The number of para-hydroxylation sites is 1. The minimum Gasteiger partial charge on any atom is -0.378 e. The van der Waals surface area contributed by atoms with Crippen LogP contribution in [0.25, 0.3) is 5.69 Å². The van der Waals surface area contributed by atoms with Gasteiger partial charge in [0.25, 0.3) is 0 Å². The van der Waals surface area contributed by atoms with Crippen LogP contribution in [0.2, 0.25) is 0 Å². The van der Waals surface area contributed by atoms with Crippen molar-refractivity contribution >= 4 is 17.4 Å². The van der Waals surface area contributed by atoms with Crippen molar-refractivity contribution in [3.63, 3.8) is 0 Å². The first-order chi connectivity index (χ1) is 14.0. The molecular formula is C21H27N6OS+. The van der Waals surface area contributed by atoms with E-state index in [4.69, 9.17) is 4.74 Å².